The zero-order valence-corrected chi connectivity index (χ0v) is 8.98. The van der Waals surface area contributed by atoms with Crippen molar-refractivity contribution in [1.82, 2.24) is 0 Å². The molecule has 1 aliphatic rings. The Labute approximate surface area is 90.3 Å². The third-order valence-corrected chi connectivity index (χ3v) is 3.67. The monoisotopic (exact) mass is 248 g/mol. The van der Waals surface area contributed by atoms with Crippen molar-refractivity contribution in [3.63, 3.8) is 0 Å². The molecule has 0 amide bonds. The molecule has 80 valence electrons. The first-order valence-corrected chi connectivity index (χ1v) is 6.47. The Morgan fingerprint density at radius 1 is 1.40 bits per heavy atom. The highest BCUT2D eigenvalue weighted by atomic mass is 35.7. The van der Waals surface area contributed by atoms with E-state index in [2.05, 4.69) is 0 Å². The number of hydrogen-bond donors (Lipinski definition) is 0. The number of rotatable bonds is 1. The van der Waals surface area contributed by atoms with Crippen LogP contribution in [-0.4, -0.2) is 14.2 Å². The van der Waals surface area contributed by atoms with Crippen LogP contribution in [0.2, 0.25) is 0 Å². The van der Waals surface area contributed by atoms with Gasteiger partial charge in [-0.3, -0.25) is 4.79 Å². The predicted octanol–water partition coefficient (Wildman–Crippen LogP) is 2.21. The standard InChI is InChI=1S/C9H6ClFO3S/c10-15(13,14)8-3-1-2-5-6(11)4-7(12)9(5)8/h1-3,6H,4H2. The Morgan fingerprint density at radius 2 is 2.07 bits per heavy atom. The number of alkyl halides is 1. The first kappa shape index (κ1) is 10.6. The highest BCUT2D eigenvalue weighted by molar-refractivity contribution is 8.13. The van der Waals surface area contributed by atoms with Gasteiger partial charge >= 0.3 is 0 Å². The third kappa shape index (κ3) is 1.66. The molecule has 1 aromatic carbocycles. The molecule has 0 fully saturated rings. The maximum atomic E-state index is 13.3. The van der Waals surface area contributed by atoms with Crippen LogP contribution in [0, 0.1) is 0 Å². The van der Waals surface area contributed by atoms with Gasteiger partial charge in [0.1, 0.15) is 6.17 Å². The Morgan fingerprint density at radius 3 is 2.67 bits per heavy atom. The molecule has 0 spiro atoms. The molecule has 15 heavy (non-hydrogen) atoms. The predicted molar refractivity (Wildman–Crippen MR) is 52.3 cm³/mol. The van der Waals surface area contributed by atoms with Crippen molar-refractivity contribution in [2.24, 2.45) is 0 Å². The van der Waals surface area contributed by atoms with E-state index in [0.717, 1.165) is 0 Å². The van der Waals surface area contributed by atoms with E-state index in [0.29, 0.717) is 0 Å². The van der Waals surface area contributed by atoms with Gasteiger partial charge in [-0.05, 0) is 11.6 Å². The van der Waals surface area contributed by atoms with Crippen LogP contribution in [0.3, 0.4) is 0 Å². The normalized spacial score (nSPS) is 20.4. The molecule has 3 nitrogen and oxygen atoms in total. The van der Waals surface area contributed by atoms with E-state index in [1.165, 1.54) is 18.2 Å². The molecule has 0 aromatic heterocycles. The average molecular weight is 249 g/mol. The lowest BCUT2D eigenvalue weighted by atomic mass is 10.1. The van der Waals surface area contributed by atoms with Crippen LogP contribution >= 0.6 is 10.7 Å². The lowest BCUT2D eigenvalue weighted by molar-refractivity contribution is 0.0970. The van der Waals surface area contributed by atoms with Gasteiger partial charge in [-0.2, -0.15) is 0 Å². The minimum atomic E-state index is -4.00. The zero-order valence-electron chi connectivity index (χ0n) is 7.41. The fraction of sp³-hybridized carbons (Fsp3) is 0.222. The van der Waals surface area contributed by atoms with Gasteiger partial charge in [0.05, 0.1) is 4.90 Å². The van der Waals surface area contributed by atoms with Gasteiger partial charge in [0, 0.05) is 22.7 Å². The van der Waals surface area contributed by atoms with Crippen LogP contribution in [-0.2, 0) is 9.05 Å². The minimum absolute atomic E-state index is 0.0972. The maximum Gasteiger partial charge on any atom is 0.262 e. The molecule has 0 aliphatic heterocycles. The van der Waals surface area contributed by atoms with Crippen LogP contribution < -0.4 is 0 Å². The summed E-state index contributed by atoms with van der Waals surface area (Å²) in [6.07, 6.45) is -1.73. The van der Waals surface area contributed by atoms with Gasteiger partial charge in [0.2, 0.25) is 0 Å². The number of benzene rings is 1. The van der Waals surface area contributed by atoms with E-state index >= 15 is 0 Å². The molecule has 2 rings (SSSR count). The van der Waals surface area contributed by atoms with Crippen molar-refractivity contribution in [3.05, 3.63) is 29.3 Å². The summed E-state index contributed by atoms with van der Waals surface area (Å²) in [5.74, 6) is -0.516. The minimum Gasteiger partial charge on any atom is -0.294 e. The average Bonchev–Trinajstić information content (AvgIpc) is 2.41. The lowest BCUT2D eigenvalue weighted by Gasteiger charge is -2.03. The first-order chi connectivity index (χ1) is 6.91. The lowest BCUT2D eigenvalue weighted by Crippen LogP contribution is -2.01. The van der Waals surface area contributed by atoms with E-state index in [1.54, 1.807) is 0 Å². The summed E-state index contributed by atoms with van der Waals surface area (Å²) < 4.78 is 35.5. The largest absolute Gasteiger partial charge is 0.294 e. The van der Waals surface area contributed by atoms with E-state index in [1.807, 2.05) is 0 Å². The number of Topliss-reactive ketones (excluding diaryl/α,β-unsaturated/α-hetero) is 1. The van der Waals surface area contributed by atoms with Gasteiger partial charge in [-0.25, -0.2) is 12.8 Å². The van der Waals surface area contributed by atoms with Crippen molar-refractivity contribution in [1.29, 1.82) is 0 Å². The molecule has 1 unspecified atom stereocenters. The van der Waals surface area contributed by atoms with Crippen LogP contribution in [0.4, 0.5) is 4.39 Å². The van der Waals surface area contributed by atoms with E-state index in [4.69, 9.17) is 10.7 Å². The van der Waals surface area contributed by atoms with Gasteiger partial charge in [0.15, 0.2) is 5.78 Å². The molecular weight excluding hydrogens is 243 g/mol. The fourth-order valence-electron chi connectivity index (χ4n) is 1.69. The van der Waals surface area contributed by atoms with Crippen molar-refractivity contribution in [2.75, 3.05) is 0 Å². The van der Waals surface area contributed by atoms with Crippen molar-refractivity contribution in [3.8, 4) is 0 Å². The molecular formula is C9H6ClFO3S. The molecule has 6 heteroatoms. The maximum absolute atomic E-state index is 13.3. The number of fused-ring (bicyclic) bond motifs is 1. The molecule has 0 N–H and O–H groups in total. The smallest absolute Gasteiger partial charge is 0.262 e. The van der Waals surface area contributed by atoms with Crippen LogP contribution in [0.1, 0.15) is 28.5 Å². The molecule has 0 saturated carbocycles. The summed E-state index contributed by atoms with van der Waals surface area (Å²) >= 11 is 0. The zero-order chi connectivity index (χ0) is 11.2. The second-order valence-electron chi connectivity index (χ2n) is 3.25. The Bertz CT molecular complexity index is 538. The van der Waals surface area contributed by atoms with Crippen LogP contribution in [0.5, 0.6) is 0 Å². The second-order valence-corrected chi connectivity index (χ2v) is 5.79. The number of carbonyl (C=O) groups excluding carboxylic acids is 1. The second kappa shape index (κ2) is 3.28. The van der Waals surface area contributed by atoms with Gasteiger partial charge < -0.3 is 0 Å². The quantitative estimate of drug-likeness (QED) is 0.716. The summed E-state index contributed by atoms with van der Waals surface area (Å²) in [4.78, 5) is 11.1. The van der Waals surface area contributed by atoms with Gasteiger partial charge in [0.25, 0.3) is 9.05 Å². The Hall–Kier alpha value is -0.940. The van der Waals surface area contributed by atoms with Gasteiger partial charge in [-0.15, -0.1) is 0 Å². The van der Waals surface area contributed by atoms with Crippen molar-refractivity contribution < 1.29 is 17.6 Å². The Balaban J connectivity index is 2.77. The highest BCUT2D eigenvalue weighted by Gasteiger charge is 2.34. The van der Waals surface area contributed by atoms with E-state index in [-0.39, 0.29) is 22.4 Å². The molecule has 0 bridgehead atoms. The summed E-state index contributed by atoms with van der Waals surface area (Å²) in [5, 5.41) is 0. The molecule has 0 radical (unpaired) electrons. The van der Waals surface area contributed by atoms with Crippen molar-refractivity contribution in [2.45, 2.75) is 17.5 Å². The summed E-state index contributed by atoms with van der Waals surface area (Å²) in [6.45, 7) is 0. The van der Waals surface area contributed by atoms with Crippen LogP contribution in [0.25, 0.3) is 0 Å². The fourth-order valence-corrected chi connectivity index (χ4v) is 2.79. The summed E-state index contributed by atoms with van der Waals surface area (Å²) in [7, 11) is 1.15. The highest BCUT2D eigenvalue weighted by Crippen LogP contribution is 2.38. The van der Waals surface area contributed by atoms with E-state index < -0.39 is 21.0 Å². The number of ketones is 1. The number of halogens is 2. The first-order valence-electron chi connectivity index (χ1n) is 4.16. The summed E-state index contributed by atoms with van der Waals surface area (Å²) in [5.41, 5.74) is 0.0155. The van der Waals surface area contributed by atoms with Gasteiger partial charge in [-0.1, -0.05) is 12.1 Å². The van der Waals surface area contributed by atoms with E-state index in [9.17, 15) is 17.6 Å². The molecule has 1 aromatic rings. The molecule has 1 aliphatic carbocycles. The molecule has 0 saturated heterocycles. The number of hydrogen-bond acceptors (Lipinski definition) is 3. The van der Waals surface area contributed by atoms with Crippen LogP contribution in [0.15, 0.2) is 23.1 Å². The SMILES string of the molecule is O=C1CC(F)c2cccc(S(=O)(=O)Cl)c21. The number of carbonyl (C=O) groups is 1. The summed E-state index contributed by atoms with van der Waals surface area (Å²) in [6, 6.07) is 3.98. The topological polar surface area (TPSA) is 51.2 Å². The molecule has 0 heterocycles. The third-order valence-electron chi connectivity index (χ3n) is 2.30. The van der Waals surface area contributed by atoms with Crippen molar-refractivity contribution >= 4 is 25.5 Å². The molecule has 1 atom stereocenters. The Kier molecular flexibility index (Phi) is 2.31.